The van der Waals surface area contributed by atoms with E-state index in [4.69, 9.17) is 0 Å². The van der Waals surface area contributed by atoms with Crippen LogP contribution in [-0.2, 0) is 0 Å². The Kier molecular flexibility index (Phi) is 5.02. The molecule has 4 rings (SSSR count). The first-order chi connectivity index (χ1) is 12.7. The Bertz CT molecular complexity index is 768. The molecule has 0 N–H and O–H groups in total. The first-order valence-electron chi connectivity index (χ1n) is 9.61. The van der Waals surface area contributed by atoms with Crippen LogP contribution in [0.3, 0.4) is 0 Å². The predicted molar refractivity (Wildman–Crippen MR) is 102 cm³/mol. The molecule has 2 aliphatic rings. The molecular formula is C22H25FN2O. The average Bonchev–Trinajstić information content (AvgIpc) is 3.34. The molecule has 2 aromatic carbocycles. The highest BCUT2D eigenvalue weighted by atomic mass is 19.1. The third-order valence-electron chi connectivity index (χ3n) is 5.62. The highest BCUT2D eigenvalue weighted by Crippen LogP contribution is 2.25. The first-order valence-corrected chi connectivity index (χ1v) is 9.61. The fourth-order valence-corrected chi connectivity index (χ4v) is 4.21. The second-order valence-corrected chi connectivity index (χ2v) is 7.36. The van der Waals surface area contributed by atoms with Crippen LogP contribution in [0.15, 0.2) is 48.5 Å². The Morgan fingerprint density at radius 2 is 1.69 bits per heavy atom. The Labute approximate surface area is 154 Å². The smallest absolute Gasteiger partial charge is 0.254 e. The van der Waals surface area contributed by atoms with Gasteiger partial charge < -0.3 is 9.80 Å². The van der Waals surface area contributed by atoms with Gasteiger partial charge in [0.1, 0.15) is 5.82 Å². The van der Waals surface area contributed by atoms with Crippen LogP contribution in [0.1, 0.15) is 36.0 Å². The summed E-state index contributed by atoms with van der Waals surface area (Å²) in [5.74, 6) is -0.136. The van der Waals surface area contributed by atoms with Crippen LogP contribution in [-0.4, -0.2) is 47.9 Å². The summed E-state index contributed by atoms with van der Waals surface area (Å²) in [5, 5.41) is 0. The van der Waals surface area contributed by atoms with E-state index in [0.717, 1.165) is 44.6 Å². The van der Waals surface area contributed by atoms with Gasteiger partial charge in [-0.2, -0.15) is 0 Å². The summed E-state index contributed by atoms with van der Waals surface area (Å²) in [6, 6.07) is 14.4. The van der Waals surface area contributed by atoms with Gasteiger partial charge in [-0.1, -0.05) is 30.3 Å². The molecule has 136 valence electrons. The molecule has 2 saturated heterocycles. The summed E-state index contributed by atoms with van der Waals surface area (Å²) in [5.41, 5.74) is 2.06. The van der Waals surface area contributed by atoms with Crippen molar-refractivity contribution >= 4 is 5.91 Å². The van der Waals surface area contributed by atoms with Crippen molar-refractivity contribution in [3.8, 4) is 11.1 Å². The molecule has 0 aromatic heterocycles. The normalized spacial score (nSPS) is 20.7. The SMILES string of the molecule is O=C(c1ccc(-c2ccccc2F)cc1)N1CCCC1CN1CCCC1. The molecule has 0 bridgehead atoms. The van der Waals surface area contributed by atoms with Crippen LogP contribution < -0.4 is 0 Å². The maximum absolute atomic E-state index is 13.9. The molecule has 2 aromatic rings. The molecule has 1 atom stereocenters. The second kappa shape index (κ2) is 7.58. The van der Waals surface area contributed by atoms with Crippen molar-refractivity contribution in [2.75, 3.05) is 26.2 Å². The van der Waals surface area contributed by atoms with Gasteiger partial charge in [-0.25, -0.2) is 4.39 Å². The van der Waals surface area contributed by atoms with E-state index >= 15 is 0 Å². The zero-order valence-electron chi connectivity index (χ0n) is 15.0. The first kappa shape index (κ1) is 17.2. The van der Waals surface area contributed by atoms with Gasteiger partial charge in [0.05, 0.1) is 0 Å². The van der Waals surface area contributed by atoms with E-state index in [9.17, 15) is 9.18 Å². The van der Waals surface area contributed by atoms with Gasteiger partial charge in [0.2, 0.25) is 0 Å². The molecule has 0 spiro atoms. The average molecular weight is 352 g/mol. The van der Waals surface area contributed by atoms with Crippen molar-refractivity contribution in [3.63, 3.8) is 0 Å². The Morgan fingerprint density at radius 3 is 2.42 bits per heavy atom. The summed E-state index contributed by atoms with van der Waals surface area (Å²) < 4.78 is 13.9. The number of likely N-dealkylation sites (tertiary alicyclic amines) is 2. The molecular weight excluding hydrogens is 327 g/mol. The zero-order chi connectivity index (χ0) is 17.9. The monoisotopic (exact) mass is 352 g/mol. The third-order valence-corrected chi connectivity index (χ3v) is 5.62. The Balaban J connectivity index is 1.48. The third kappa shape index (κ3) is 3.51. The molecule has 4 heteroatoms. The van der Waals surface area contributed by atoms with E-state index in [1.54, 1.807) is 12.1 Å². The van der Waals surface area contributed by atoms with E-state index in [-0.39, 0.29) is 11.7 Å². The minimum Gasteiger partial charge on any atom is -0.334 e. The van der Waals surface area contributed by atoms with Crippen LogP contribution in [0.2, 0.25) is 0 Å². The molecule has 0 saturated carbocycles. The molecule has 1 unspecified atom stereocenters. The number of nitrogens with zero attached hydrogens (tertiary/aromatic N) is 2. The van der Waals surface area contributed by atoms with Crippen molar-refractivity contribution in [1.29, 1.82) is 0 Å². The molecule has 2 aliphatic heterocycles. The minimum atomic E-state index is -0.239. The van der Waals surface area contributed by atoms with Crippen LogP contribution in [0.4, 0.5) is 4.39 Å². The number of hydrogen-bond acceptors (Lipinski definition) is 2. The van der Waals surface area contributed by atoms with Crippen LogP contribution in [0.25, 0.3) is 11.1 Å². The van der Waals surface area contributed by atoms with Crippen molar-refractivity contribution in [3.05, 3.63) is 59.9 Å². The second-order valence-electron chi connectivity index (χ2n) is 7.36. The summed E-state index contributed by atoms with van der Waals surface area (Å²) >= 11 is 0. The van der Waals surface area contributed by atoms with Gasteiger partial charge >= 0.3 is 0 Å². The van der Waals surface area contributed by atoms with E-state index in [1.807, 2.05) is 35.2 Å². The van der Waals surface area contributed by atoms with Crippen LogP contribution >= 0.6 is 0 Å². The number of benzene rings is 2. The van der Waals surface area contributed by atoms with Gasteiger partial charge in [0.15, 0.2) is 0 Å². The van der Waals surface area contributed by atoms with Gasteiger partial charge in [0.25, 0.3) is 5.91 Å². The van der Waals surface area contributed by atoms with Crippen LogP contribution in [0, 0.1) is 5.82 Å². The lowest BCUT2D eigenvalue weighted by atomic mass is 10.0. The fraction of sp³-hybridized carbons (Fsp3) is 0.409. The lowest BCUT2D eigenvalue weighted by Gasteiger charge is -2.28. The molecule has 26 heavy (non-hydrogen) atoms. The highest BCUT2D eigenvalue weighted by Gasteiger charge is 2.31. The lowest BCUT2D eigenvalue weighted by Crippen LogP contribution is -2.42. The van der Waals surface area contributed by atoms with E-state index in [2.05, 4.69) is 4.90 Å². The number of rotatable bonds is 4. The van der Waals surface area contributed by atoms with E-state index in [1.165, 1.54) is 18.9 Å². The van der Waals surface area contributed by atoms with Crippen molar-refractivity contribution in [1.82, 2.24) is 9.80 Å². The largest absolute Gasteiger partial charge is 0.334 e. The highest BCUT2D eigenvalue weighted by molar-refractivity contribution is 5.95. The topological polar surface area (TPSA) is 23.6 Å². The maximum atomic E-state index is 13.9. The van der Waals surface area contributed by atoms with Crippen LogP contribution in [0.5, 0.6) is 0 Å². The quantitative estimate of drug-likeness (QED) is 0.824. The number of carbonyl (C=O) groups is 1. The number of hydrogen-bond donors (Lipinski definition) is 0. The molecule has 0 aliphatic carbocycles. The van der Waals surface area contributed by atoms with Crippen molar-refractivity contribution in [2.24, 2.45) is 0 Å². The van der Waals surface area contributed by atoms with Gasteiger partial charge in [-0.05, 0) is 62.5 Å². The standard InChI is InChI=1S/C22H25FN2O/c23-21-8-2-1-7-20(21)17-9-11-18(12-10-17)22(26)25-15-5-6-19(25)16-24-13-3-4-14-24/h1-2,7-12,19H,3-6,13-16H2. The molecule has 3 nitrogen and oxygen atoms in total. The lowest BCUT2D eigenvalue weighted by molar-refractivity contribution is 0.0709. The van der Waals surface area contributed by atoms with Gasteiger partial charge in [-0.15, -0.1) is 0 Å². The number of halogens is 1. The summed E-state index contributed by atoms with van der Waals surface area (Å²) in [6.07, 6.45) is 4.73. The van der Waals surface area contributed by atoms with Gasteiger partial charge in [-0.3, -0.25) is 4.79 Å². The predicted octanol–water partition coefficient (Wildman–Crippen LogP) is 4.19. The van der Waals surface area contributed by atoms with Gasteiger partial charge in [0, 0.05) is 30.3 Å². The molecule has 2 fully saturated rings. The Morgan fingerprint density at radius 1 is 0.962 bits per heavy atom. The summed E-state index contributed by atoms with van der Waals surface area (Å²) in [4.78, 5) is 17.5. The number of amides is 1. The van der Waals surface area contributed by atoms with Crippen molar-refractivity contribution < 1.29 is 9.18 Å². The molecule has 2 heterocycles. The number of carbonyl (C=O) groups excluding carboxylic acids is 1. The van der Waals surface area contributed by atoms with E-state index < -0.39 is 0 Å². The maximum Gasteiger partial charge on any atom is 0.254 e. The zero-order valence-corrected chi connectivity index (χ0v) is 15.0. The fourth-order valence-electron chi connectivity index (χ4n) is 4.21. The molecule has 1 amide bonds. The summed E-state index contributed by atoms with van der Waals surface area (Å²) in [7, 11) is 0. The minimum absolute atomic E-state index is 0.104. The summed E-state index contributed by atoms with van der Waals surface area (Å²) in [6.45, 7) is 4.16. The molecule has 0 radical (unpaired) electrons. The van der Waals surface area contributed by atoms with E-state index in [0.29, 0.717) is 17.2 Å². The Hall–Kier alpha value is -2.20. The van der Waals surface area contributed by atoms with Crippen molar-refractivity contribution in [2.45, 2.75) is 31.7 Å².